The van der Waals surface area contributed by atoms with E-state index in [2.05, 4.69) is 52.1 Å². The molecule has 1 aromatic carbocycles. The zero-order chi connectivity index (χ0) is 15.8. The van der Waals surface area contributed by atoms with Crippen LogP contribution in [0.4, 0.5) is 0 Å². The molecule has 0 saturated carbocycles. The first-order valence-corrected chi connectivity index (χ1v) is 8.35. The number of aromatic nitrogens is 3. The molecule has 3 heterocycles. The van der Waals surface area contributed by atoms with Crippen molar-refractivity contribution in [2.24, 2.45) is 0 Å². The van der Waals surface area contributed by atoms with Crippen LogP contribution in [0.25, 0.3) is 11.0 Å². The first kappa shape index (κ1) is 14.5. The summed E-state index contributed by atoms with van der Waals surface area (Å²) in [4.78, 5) is 0. The lowest BCUT2D eigenvalue weighted by Crippen LogP contribution is -2.23. The molecule has 5 heteroatoms. The Hall–Kier alpha value is -2.14. The van der Waals surface area contributed by atoms with Crippen molar-refractivity contribution in [3.63, 3.8) is 0 Å². The quantitative estimate of drug-likeness (QED) is 0.801. The molecule has 1 aliphatic rings. The number of nitrogens with one attached hydrogen (secondary N) is 1. The van der Waals surface area contributed by atoms with Gasteiger partial charge in [-0.05, 0) is 44.9 Å². The zero-order valence-corrected chi connectivity index (χ0v) is 13.7. The van der Waals surface area contributed by atoms with Crippen molar-refractivity contribution in [2.45, 2.75) is 52.2 Å². The number of hydrogen-bond donors (Lipinski definition) is 1. The van der Waals surface area contributed by atoms with E-state index in [9.17, 15) is 0 Å². The molecule has 0 aliphatic carbocycles. The van der Waals surface area contributed by atoms with Crippen LogP contribution >= 0.6 is 0 Å². The number of aryl methyl sites for hydroxylation is 2. The molecular weight excluding hydrogens is 288 g/mol. The number of rotatable bonds is 4. The molecule has 0 saturated heterocycles. The molecule has 120 valence electrons. The number of benzene rings is 1. The molecule has 1 aliphatic heterocycles. The molecular formula is C18H22N4O. The highest BCUT2D eigenvalue weighted by Gasteiger charge is 2.20. The van der Waals surface area contributed by atoms with E-state index in [-0.39, 0.29) is 6.04 Å². The third-order valence-corrected chi connectivity index (χ3v) is 4.58. The molecule has 0 bridgehead atoms. The normalized spacial score (nSPS) is 15.7. The van der Waals surface area contributed by atoms with Gasteiger partial charge in [-0.2, -0.15) is 0 Å². The van der Waals surface area contributed by atoms with Gasteiger partial charge in [-0.25, -0.2) is 0 Å². The van der Waals surface area contributed by atoms with Gasteiger partial charge in [0.05, 0.1) is 12.6 Å². The first-order valence-electron chi connectivity index (χ1n) is 8.35. The minimum absolute atomic E-state index is 0.157. The van der Waals surface area contributed by atoms with Gasteiger partial charge in [-0.3, -0.25) is 0 Å². The smallest absolute Gasteiger partial charge is 0.149 e. The SMILES string of the molecule is Cc1ccc2oc(CN[C@@H](C)c3nnc4n3CCCC4)cc2c1. The predicted molar refractivity (Wildman–Crippen MR) is 89.2 cm³/mol. The number of hydrogen-bond acceptors (Lipinski definition) is 4. The van der Waals surface area contributed by atoms with Gasteiger partial charge in [0.1, 0.15) is 23.0 Å². The van der Waals surface area contributed by atoms with E-state index in [1.54, 1.807) is 0 Å². The van der Waals surface area contributed by atoms with Crippen LogP contribution in [0.5, 0.6) is 0 Å². The Morgan fingerprint density at radius 3 is 3.09 bits per heavy atom. The predicted octanol–water partition coefficient (Wildman–Crippen LogP) is 3.52. The topological polar surface area (TPSA) is 55.9 Å². The molecule has 3 aromatic rings. The van der Waals surface area contributed by atoms with Crippen molar-refractivity contribution >= 4 is 11.0 Å². The first-order chi connectivity index (χ1) is 11.2. The fourth-order valence-corrected chi connectivity index (χ4v) is 3.30. The molecule has 0 amide bonds. The van der Waals surface area contributed by atoms with E-state index in [0.29, 0.717) is 6.54 Å². The standard InChI is InChI=1S/C18H22N4O/c1-12-6-7-16-14(9-12)10-15(23-16)11-19-13(2)18-21-20-17-5-3-4-8-22(17)18/h6-7,9-10,13,19H,3-5,8,11H2,1-2H3/t13-/m0/s1. The van der Waals surface area contributed by atoms with Gasteiger partial charge in [0, 0.05) is 18.4 Å². The number of furan rings is 1. The minimum Gasteiger partial charge on any atom is -0.460 e. The second kappa shape index (κ2) is 5.81. The maximum atomic E-state index is 5.90. The maximum absolute atomic E-state index is 5.90. The van der Waals surface area contributed by atoms with Crippen LogP contribution in [0.3, 0.4) is 0 Å². The minimum atomic E-state index is 0.157. The third-order valence-electron chi connectivity index (χ3n) is 4.58. The highest BCUT2D eigenvalue weighted by molar-refractivity contribution is 5.78. The Labute approximate surface area is 135 Å². The lowest BCUT2D eigenvalue weighted by molar-refractivity contribution is 0.442. The fraction of sp³-hybridized carbons (Fsp3) is 0.444. The summed E-state index contributed by atoms with van der Waals surface area (Å²) < 4.78 is 8.17. The molecule has 0 fully saturated rings. The molecule has 0 radical (unpaired) electrons. The lowest BCUT2D eigenvalue weighted by Gasteiger charge is -2.18. The summed E-state index contributed by atoms with van der Waals surface area (Å²) in [6.45, 7) is 5.96. The van der Waals surface area contributed by atoms with Crippen LogP contribution in [0, 0.1) is 6.92 Å². The van der Waals surface area contributed by atoms with Crippen LogP contribution in [0.15, 0.2) is 28.7 Å². The van der Waals surface area contributed by atoms with Crippen molar-refractivity contribution in [1.29, 1.82) is 0 Å². The molecule has 5 nitrogen and oxygen atoms in total. The van der Waals surface area contributed by atoms with Crippen molar-refractivity contribution < 1.29 is 4.42 Å². The Kier molecular flexibility index (Phi) is 3.65. The number of fused-ring (bicyclic) bond motifs is 2. The summed E-state index contributed by atoms with van der Waals surface area (Å²) in [5.74, 6) is 3.11. The van der Waals surface area contributed by atoms with E-state index >= 15 is 0 Å². The lowest BCUT2D eigenvalue weighted by atomic mass is 10.1. The van der Waals surface area contributed by atoms with Gasteiger partial charge in [-0.1, -0.05) is 11.6 Å². The summed E-state index contributed by atoms with van der Waals surface area (Å²) in [5, 5.41) is 13.4. The highest BCUT2D eigenvalue weighted by atomic mass is 16.3. The fourth-order valence-electron chi connectivity index (χ4n) is 3.30. The number of nitrogens with zero attached hydrogens (tertiary/aromatic N) is 3. The zero-order valence-electron chi connectivity index (χ0n) is 13.7. The summed E-state index contributed by atoms with van der Waals surface area (Å²) in [5.41, 5.74) is 2.20. The molecule has 0 unspecified atom stereocenters. The van der Waals surface area contributed by atoms with Gasteiger partial charge in [0.15, 0.2) is 0 Å². The van der Waals surface area contributed by atoms with E-state index in [1.807, 2.05) is 6.07 Å². The van der Waals surface area contributed by atoms with Crippen molar-refractivity contribution in [1.82, 2.24) is 20.1 Å². The second-order valence-corrected chi connectivity index (χ2v) is 6.44. The second-order valence-electron chi connectivity index (χ2n) is 6.44. The van der Waals surface area contributed by atoms with Crippen LogP contribution in [0.2, 0.25) is 0 Å². The maximum Gasteiger partial charge on any atom is 0.149 e. The van der Waals surface area contributed by atoms with E-state index < -0.39 is 0 Å². The van der Waals surface area contributed by atoms with Gasteiger partial charge in [0.2, 0.25) is 0 Å². The average molecular weight is 310 g/mol. The average Bonchev–Trinajstić information content (AvgIpc) is 3.15. The van der Waals surface area contributed by atoms with E-state index in [1.165, 1.54) is 18.4 Å². The van der Waals surface area contributed by atoms with Crippen molar-refractivity contribution in [2.75, 3.05) is 0 Å². The molecule has 1 atom stereocenters. The van der Waals surface area contributed by atoms with Crippen LogP contribution in [-0.4, -0.2) is 14.8 Å². The summed E-state index contributed by atoms with van der Waals surface area (Å²) in [7, 11) is 0. The Balaban J connectivity index is 1.48. The molecule has 4 rings (SSSR count). The van der Waals surface area contributed by atoms with Crippen LogP contribution < -0.4 is 5.32 Å². The highest BCUT2D eigenvalue weighted by Crippen LogP contribution is 2.22. The molecule has 0 spiro atoms. The van der Waals surface area contributed by atoms with Gasteiger partial charge in [-0.15, -0.1) is 10.2 Å². The largest absolute Gasteiger partial charge is 0.460 e. The molecule has 23 heavy (non-hydrogen) atoms. The molecule has 2 aromatic heterocycles. The Morgan fingerprint density at radius 1 is 1.26 bits per heavy atom. The third kappa shape index (κ3) is 2.77. The van der Waals surface area contributed by atoms with Crippen molar-refractivity contribution in [3.8, 4) is 0 Å². The van der Waals surface area contributed by atoms with Gasteiger partial charge < -0.3 is 14.3 Å². The van der Waals surface area contributed by atoms with Gasteiger partial charge >= 0.3 is 0 Å². The Morgan fingerprint density at radius 2 is 2.17 bits per heavy atom. The van der Waals surface area contributed by atoms with Crippen molar-refractivity contribution in [3.05, 3.63) is 47.2 Å². The summed E-state index contributed by atoms with van der Waals surface area (Å²) in [6, 6.07) is 8.53. The summed E-state index contributed by atoms with van der Waals surface area (Å²) >= 11 is 0. The van der Waals surface area contributed by atoms with Crippen LogP contribution in [-0.2, 0) is 19.5 Å². The van der Waals surface area contributed by atoms with Gasteiger partial charge in [0.25, 0.3) is 0 Å². The monoisotopic (exact) mass is 310 g/mol. The van der Waals surface area contributed by atoms with E-state index in [0.717, 1.165) is 41.3 Å². The summed E-state index contributed by atoms with van der Waals surface area (Å²) in [6.07, 6.45) is 3.48. The van der Waals surface area contributed by atoms with E-state index in [4.69, 9.17) is 4.42 Å². The molecule has 1 N–H and O–H groups in total. The van der Waals surface area contributed by atoms with Crippen LogP contribution in [0.1, 0.15) is 48.8 Å². The Bertz CT molecular complexity index is 833.